The first-order valence-corrected chi connectivity index (χ1v) is 6.00. The van der Waals surface area contributed by atoms with Gasteiger partial charge in [0.05, 0.1) is 0 Å². The highest BCUT2D eigenvalue weighted by Gasteiger charge is 2.23. The van der Waals surface area contributed by atoms with Gasteiger partial charge in [-0.1, -0.05) is 36.8 Å². The fraction of sp³-hybridized carbons (Fsp3) is 0.571. The zero-order chi connectivity index (χ0) is 12.2. The van der Waals surface area contributed by atoms with E-state index in [2.05, 4.69) is 56.9 Å². The molecule has 0 fully saturated rings. The lowest BCUT2D eigenvalue weighted by atomic mass is 10.0. The van der Waals surface area contributed by atoms with Crippen LogP contribution in [0.5, 0.6) is 0 Å². The summed E-state index contributed by atoms with van der Waals surface area (Å²) in [5.74, 6) is 0. The van der Waals surface area contributed by atoms with Gasteiger partial charge in [0.25, 0.3) is 0 Å². The highest BCUT2D eigenvalue weighted by Crippen LogP contribution is 2.17. The van der Waals surface area contributed by atoms with Crippen molar-refractivity contribution in [2.75, 3.05) is 13.1 Å². The molecule has 2 nitrogen and oxygen atoms in total. The topological polar surface area (TPSA) is 29.3 Å². The molecule has 0 heterocycles. The lowest BCUT2D eigenvalue weighted by Gasteiger charge is -2.37. The minimum atomic E-state index is 0.0680. The first-order valence-electron chi connectivity index (χ1n) is 6.00. The van der Waals surface area contributed by atoms with Gasteiger partial charge < -0.3 is 5.73 Å². The van der Waals surface area contributed by atoms with Gasteiger partial charge in [0.1, 0.15) is 0 Å². The third-order valence-electron chi connectivity index (χ3n) is 3.19. The van der Waals surface area contributed by atoms with Crippen LogP contribution in [0.25, 0.3) is 0 Å². The molecule has 0 bridgehead atoms. The standard InChI is InChI=1S/C14H24N2/c1-5-16(14(3,4)11-15)10-13-8-6-7-12(2)9-13/h6-9H,5,10-11,15H2,1-4H3. The van der Waals surface area contributed by atoms with Crippen molar-refractivity contribution in [3.63, 3.8) is 0 Å². The Labute approximate surface area is 99.5 Å². The fourth-order valence-electron chi connectivity index (χ4n) is 1.91. The van der Waals surface area contributed by atoms with E-state index in [9.17, 15) is 0 Å². The quantitative estimate of drug-likeness (QED) is 0.826. The van der Waals surface area contributed by atoms with E-state index in [0.717, 1.165) is 13.1 Å². The van der Waals surface area contributed by atoms with Crippen LogP contribution in [-0.4, -0.2) is 23.5 Å². The lowest BCUT2D eigenvalue weighted by Crippen LogP contribution is -2.48. The molecule has 0 unspecified atom stereocenters. The maximum absolute atomic E-state index is 5.82. The van der Waals surface area contributed by atoms with Crippen molar-refractivity contribution in [1.29, 1.82) is 0 Å². The predicted molar refractivity (Wildman–Crippen MR) is 70.4 cm³/mol. The number of nitrogens with two attached hydrogens (primary N) is 1. The highest BCUT2D eigenvalue weighted by atomic mass is 15.2. The molecule has 0 aliphatic carbocycles. The monoisotopic (exact) mass is 220 g/mol. The molecule has 1 aromatic rings. The normalized spacial score (nSPS) is 12.1. The summed E-state index contributed by atoms with van der Waals surface area (Å²) in [6.45, 7) is 11.4. The second-order valence-electron chi connectivity index (χ2n) is 5.02. The SMILES string of the molecule is CCN(Cc1cccc(C)c1)C(C)(C)CN. The van der Waals surface area contributed by atoms with Crippen LogP contribution >= 0.6 is 0 Å². The van der Waals surface area contributed by atoms with Gasteiger partial charge in [0.2, 0.25) is 0 Å². The maximum atomic E-state index is 5.82. The Balaban J connectivity index is 2.78. The zero-order valence-electron chi connectivity index (χ0n) is 11.0. The van der Waals surface area contributed by atoms with Gasteiger partial charge in [0.15, 0.2) is 0 Å². The molecule has 90 valence electrons. The molecule has 16 heavy (non-hydrogen) atoms. The lowest BCUT2D eigenvalue weighted by molar-refractivity contribution is 0.126. The third kappa shape index (κ3) is 3.32. The Morgan fingerprint density at radius 2 is 2.00 bits per heavy atom. The van der Waals surface area contributed by atoms with Gasteiger partial charge in [-0.15, -0.1) is 0 Å². The third-order valence-corrected chi connectivity index (χ3v) is 3.19. The molecule has 0 radical (unpaired) electrons. The van der Waals surface area contributed by atoms with E-state index in [1.807, 2.05) is 0 Å². The first kappa shape index (κ1) is 13.2. The molecule has 0 saturated carbocycles. The molecule has 2 N–H and O–H groups in total. The van der Waals surface area contributed by atoms with E-state index in [1.165, 1.54) is 11.1 Å². The molecule has 0 atom stereocenters. The molecular formula is C14H24N2. The van der Waals surface area contributed by atoms with Crippen molar-refractivity contribution in [3.05, 3.63) is 35.4 Å². The van der Waals surface area contributed by atoms with Crippen LogP contribution in [0.15, 0.2) is 24.3 Å². The average Bonchev–Trinajstić information content (AvgIpc) is 2.25. The van der Waals surface area contributed by atoms with Crippen molar-refractivity contribution < 1.29 is 0 Å². The highest BCUT2D eigenvalue weighted by molar-refractivity contribution is 5.22. The molecule has 0 saturated heterocycles. The van der Waals surface area contributed by atoms with Crippen LogP contribution in [-0.2, 0) is 6.54 Å². The van der Waals surface area contributed by atoms with Gasteiger partial charge in [-0.3, -0.25) is 4.90 Å². The van der Waals surface area contributed by atoms with Crippen molar-refractivity contribution in [3.8, 4) is 0 Å². The summed E-state index contributed by atoms with van der Waals surface area (Å²) in [5.41, 5.74) is 8.58. The van der Waals surface area contributed by atoms with Crippen molar-refractivity contribution >= 4 is 0 Å². The molecule has 0 spiro atoms. The number of likely N-dealkylation sites (N-methyl/N-ethyl adjacent to an activating group) is 1. The Morgan fingerprint density at radius 3 is 2.50 bits per heavy atom. The van der Waals surface area contributed by atoms with Crippen molar-refractivity contribution in [2.24, 2.45) is 5.73 Å². The number of rotatable bonds is 5. The first-order chi connectivity index (χ1) is 7.49. The number of hydrogen-bond donors (Lipinski definition) is 1. The van der Waals surface area contributed by atoms with Crippen LogP contribution in [0, 0.1) is 6.92 Å². The molecule has 0 amide bonds. The summed E-state index contributed by atoms with van der Waals surface area (Å²) in [4.78, 5) is 2.42. The Bertz CT molecular complexity index is 331. The van der Waals surface area contributed by atoms with Crippen molar-refractivity contribution in [1.82, 2.24) is 4.90 Å². The van der Waals surface area contributed by atoms with E-state index in [1.54, 1.807) is 0 Å². The summed E-state index contributed by atoms with van der Waals surface area (Å²) in [5, 5.41) is 0. The van der Waals surface area contributed by atoms with Crippen LogP contribution in [0.1, 0.15) is 31.9 Å². The zero-order valence-corrected chi connectivity index (χ0v) is 11.0. The molecular weight excluding hydrogens is 196 g/mol. The van der Waals surface area contributed by atoms with Gasteiger partial charge in [-0.05, 0) is 32.9 Å². The van der Waals surface area contributed by atoms with E-state index in [4.69, 9.17) is 5.73 Å². The Morgan fingerprint density at radius 1 is 1.31 bits per heavy atom. The van der Waals surface area contributed by atoms with Gasteiger partial charge in [0, 0.05) is 18.6 Å². The van der Waals surface area contributed by atoms with Crippen molar-refractivity contribution in [2.45, 2.75) is 39.8 Å². The fourth-order valence-corrected chi connectivity index (χ4v) is 1.91. The minimum absolute atomic E-state index is 0.0680. The molecule has 1 aromatic carbocycles. The Kier molecular flexibility index (Phi) is 4.51. The van der Waals surface area contributed by atoms with Gasteiger partial charge in [-0.25, -0.2) is 0 Å². The number of nitrogens with zero attached hydrogens (tertiary/aromatic N) is 1. The Hall–Kier alpha value is -0.860. The maximum Gasteiger partial charge on any atom is 0.0278 e. The van der Waals surface area contributed by atoms with Gasteiger partial charge in [-0.2, -0.15) is 0 Å². The largest absolute Gasteiger partial charge is 0.329 e. The summed E-state index contributed by atoms with van der Waals surface area (Å²) in [6.07, 6.45) is 0. The van der Waals surface area contributed by atoms with Gasteiger partial charge >= 0.3 is 0 Å². The molecule has 0 aromatic heterocycles. The predicted octanol–water partition coefficient (Wildman–Crippen LogP) is 2.55. The van der Waals surface area contributed by atoms with Crippen LogP contribution in [0.4, 0.5) is 0 Å². The summed E-state index contributed by atoms with van der Waals surface area (Å²) < 4.78 is 0. The number of aryl methyl sites for hydroxylation is 1. The second kappa shape index (κ2) is 5.46. The van der Waals surface area contributed by atoms with E-state index in [0.29, 0.717) is 6.54 Å². The smallest absolute Gasteiger partial charge is 0.0278 e. The molecule has 2 heteroatoms. The van der Waals surface area contributed by atoms with Crippen LogP contribution in [0.2, 0.25) is 0 Å². The summed E-state index contributed by atoms with van der Waals surface area (Å²) >= 11 is 0. The summed E-state index contributed by atoms with van der Waals surface area (Å²) in [6, 6.07) is 8.68. The second-order valence-corrected chi connectivity index (χ2v) is 5.02. The molecule has 1 rings (SSSR count). The minimum Gasteiger partial charge on any atom is -0.329 e. The number of hydrogen-bond acceptors (Lipinski definition) is 2. The molecule has 0 aliphatic rings. The average molecular weight is 220 g/mol. The summed E-state index contributed by atoms with van der Waals surface area (Å²) in [7, 11) is 0. The van der Waals surface area contributed by atoms with Crippen LogP contribution in [0.3, 0.4) is 0 Å². The van der Waals surface area contributed by atoms with E-state index in [-0.39, 0.29) is 5.54 Å². The number of benzene rings is 1. The van der Waals surface area contributed by atoms with E-state index < -0.39 is 0 Å². The molecule has 0 aliphatic heterocycles. The van der Waals surface area contributed by atoms with E-state index >= 15 is 0 Å². The van der Waals surface area contributed by atoms with Crippen LogP contribution < -0.4 is 5.73 Å².